The fraction of sp³-hybridized carbons (Fsp3) is 0.190. The molecule has 10 nitrogen and oxygen atoms in total. The number of amides is 1. The van der Waals surface area contributed by atoms with Crippen molar-refractivity contribution < 1.29 is 23.4 Å². The highest BCUT2D eigenvalue weighted by Crippen LogP contribution is 2.38. The highest BCUT2D eigenvalue weighted by atomic mass is 79.9. The van der Waals surface area contributed by atoms with E-state index in [4.69, 9.17) is 24.4 Å². The molecular formula is C21H20BrN5O5. The van der Waals surface area contributed by atoms with Gasteiger partial charge in [0, 0.05) is 12.1 Å². The van der Waals surface area contributed by atoms with Crippen molar-refractivity contribution in [3.8, 4) is 28.8 Å². The molecule has 32 heavy (non-hydrogen) atoms. The van der Waals surface area contributed by atoms with Crippen molar-refractivity contribution in [2.45, 2.75) is 6.54 Å². The summed E-state index contributed by atoms with van der Waals surface area (Å²) in [7, 11) is 4.60. The summed E-state index contributed by atoms with van der Waals surface area (Å²) in [6.07, 6.45) is 0. The molecule has 1 amide bonds. The van der Waals surface area contributed by atoms with E-state index in [-0.39, 0.29) is 18.3 Å². The van der Waals surface area contributed by atoms with Crippen LogP contribution in [0.1, 0.15) is 15.9 Å². The number of carbonyl (C=O) groups is 1. The Morgan fingerprint density at radius 1 is 1.12 bits per heavy atom. The topological polar surface area (TPSA) is 126 Å². The Hall–Kier alpha value is -3.73. The number of hydrogen-bond acceptors (Lipinski definition) is 8. The first-order chi connectivity index (χ1) is 15.4. The molecule has 1 aromatic carbocycles. The lowest BCUT2D eigenvalue weighted by Gasteiger charge is -2.14. The van der Waals surface area contributed by atoms with Gasteiger partial charge in [0.2, 0.25) is 11.6 Å². The van der Waals surface area contributed by atoms with Crippen LogP contribution in [0.25, 0.3) is 17.2 Å². The third-order valence-electron chi connectivity index (χ3n) is 4.70. The number of methoxy groups -OCH3 is 3. The number of hydrogen-bond donors (Lipinski definition) is 2. The first kappa shape index (κ1) is 21.5. The minimum Gasteiger partial charge on any atom is -0.493 e. The summed E-state index contributed by atoms with van der Waals surface area (Å²) >= 11 is 3.25. The zero-order valence-electron chi connectivity index (χ0n) is 17.5. The summed E-state index contributed by atoms with van der Waals surface area (Å²) < 4.78 is 23.5. The Morgan fingerprint density at radius 2 is 1.84 bits per heavy atom. The molecule has 0 bridgehead atoms. The molecule has 0 aliphatic carbocycles. The number of carbonyl (C=O) groups excluding carboxylic acids is 1. The van der Waals surface area contributed by atoms with E-state index in [0.717, 1.165) is 5.56 Å². The third-order valence-corrected chi connectivity index (χ3v) is 5.12. The van der Waals surface area contributed by atoms with Gasteiger partial charge in [-0.1, -0.05) is 0 Å². The molecule has 4 aromatic rings. The summed E-state index contributed by atoms with van der Waals surface area (Å²) in [5.41, 5.74) is 7.64. The number of aromatic nitrogens is 3. The standard InChI is InChI=1S/C21H20BrN5O5/c1-29-14-6-11(7-15(30-2)19(14)31-3)10-24-21(28)12-8-17(23)27-18(9-12)25-20(26-27)13-4-5-16(22)32-13/h4-9H,10,23H2,1-3H3,(H,24,28). The van der Waals surface area contributed by atoms with Crippen LogP contribution < -0.4 is 25.3 Å². The molecule has 0 spiro atoms. The van der Waals surface area contributed by atoms with Gasteiger partial charge < -0.3 is 29.7 Å². The molecule has 3 aromatic heterocycles. The van der Waals surface area contributed by atoms with Crippen LogP contribution in [0.2, 0.25) is 0 Å². The van der Waals surface area contributed by atoms with E-state index < -0.39 is 0 Å². The molecule has 0 saturated carbocycles. The zero-order valence-corrected chi connectivity index (χ0v) is 19.1. The number of nitrogens with one attached hydrogen (secondary N) is 1. The Morgan fingerprint density at radius 3 is 2.44 bits per heavy atom. The van der Waals surface area contributed by atoms with Crippen molar-refractivity contribution in [2.24, 2.45) is 0 Å². The minimum absolute atomic E-state index is 0.235. The Bertz CT molecular complexity index is 1270. The number of rotatable bonds is 7. The molecule has 4 rings (SSSR count). The lowest BCUT2D eigenvalue weighted by atomic mass is 10.1. The zero-order chi connectivity index (χ0) is 22.8. The molecule has 0 unspecified atom stereocenters. The number of benzene rings is 1. The second-order valence-corrected chi connectivity index (χ2v) is 7.48. The van der Waals surface area contributed by atoms with Gasteiger partial charge in [-0.25, -0.2) is 4.98 Å². The van der Waals surface area contributed by atoms with Gasteiger partial charge in [0.25, 0.3) is 5.91 Å². The maximum atomic E-state index is 12.8. The fourth-order valence-electron chi connectivity index (χ4n) is 3.20. The monoisotopic (exact) mass is 501 g/mol. The van der Waals surface area contributed by atoms with E-state index in [1.165, 1.54) is 31.9 Å². The van der Waals surface area contributed by atoms with Crippen LogP contribution in [0.15, 0.2) is 45.5 Å². The van der Waals surface area contributed by atoms with E-state index in [0.29, 0.717) is 44.7 Å². The van der Waals surface area contributed by atoms with E-state index in [2.05, 4.69) is 31.3 Å². The van der Waals surface area contributed by atoms with Crippen LogP contribution >= 0.6 is 15.9 Å². The Labute approximate surface area is 191 Å². The maximum Gasteiger partial charge on any atom is 0.251 e. The van der Waals surface area contributed by atoms with Gasteiger partial charge in [0.1, 0.15) is 5.82 Å². The van der Waals surface area contributed by atoms with E-state index >= 15 is 0 Å². The minimum atomic E-state index is -0.321. The van der Waals surface area contributed by atoms with Gasteiger partial charge in [-0.05, 0) is 57.9 Å². The summed E-state index contributed by atoms with van der Waals surface area (Å²) in [5, 5.41) is 7.20. The van der Waals surface area contributed by atoms with Crippen molar-refractivity contribution in [1.29, 1.82) is 0 Å². The van der Waals surface area contributed by atoms with Crippen LogP contribution in [-0.2, 0) is 6.54 Å². The molecule has 0 aliphatic heterocycles. The van der Waals surface area contributed by atoms with E-state index in [9.17, 15) is 4.79 Å². The number of pyridine rings is 1. The predicted molar refractivity (Wildman–Crippen MR) is 120 cm³/mol. The van der Waals surface area contributed by atoms with Crippen LogP contribution in [0.5, 0.6) is 17.2 Å². The highest BCUT2D eigenvalue weighted by Gasteiger charge is 2.17. The van der Waals surface area contributed by atoms with Crippen molar-refractivity contribution >= 4 is 33.3 Å². The number of nitrogen functional groups attached to an aromatic ring is 1. The number of anilines is 1. The molecule has 0 fully saturated rings. The molecule has 0 radical (unpaired) electrons. The fourth-order valence-corrected chi connectivity index (χ4v) is 3.51. The molecule has 11 heteroatoms. The highest BCUT2D eigenvalue weighted by molar-refractivity contribution is 9.10. The molecule has 0 atom stereocenters. The Balaban J connectivity index is 1.56. The predicted octanol–water partition coefficient (Wildman–Crippen LogP) is 3.29. The number of halogens is 1. The van der Waals surface area contributed by atoms with Gasteiger partial charge >= 0.3 is 0 Å². The van der Waals surface area contributed by atoms with Gasteiger partial charge in [-0.2, -0.15) is 4.52 Å². The SMILES string of the molecule is COc1cc(CNC(=O)c2cc(N)n3nc(-c4ccc(Br)o4)nc3c2)cc(OC)c1OC. The molecular weight excluding hydrogens is 482 g/mol. The van der Waals surface area contributed by atoms with Crippen molar-refractivity contribution in [2.75, 3.05) is 27.1 Å². The quantitative estimate of drug-likeness (QED) is 0.395. The van der Waals surface area contributed by atoms with Gasteiger partial charge in [0.15, 0.2) is 27.6 Å². The molecule has 3 N–H and O–H groups in total. The van der Waals surface area contributed by atoms with Gasteiger partial charge in [-0.3, -0.25) is 4.79 Å². The smallest absolute Gasteiger partial charge is 0.251 e. The second-order valence-electron chi connectivity index (χ2n) is 6.69. The van der Waals surface area contributed by atoms with Crippen LogP contribution in [-0.4, -0.2) is 41.8 Å². The number of fused-ring (bicyclic) bond motifs is 1. The summed E-state index contributed by atoms with van der Waals surface area (Å²) in [6, 6.07) is 10.2. The third kappa shape index (κ3) is 4.06. The molecule has 166 valence electrons. The number of furan rings is 1. The first-order valence-electron chi connectivity index (χ1n) is 9.42. The summed E-state index contributed by atoms with van der Waals surface area (Å²) in [6.45, 7) is 0.235. The largest absolute Gasteiger partial charge is 0.493 e. The normalized spacial score (nSPS) is 10.9. The van der Waals surface area contributed by atoms with Crippen molar-refractivity contribution in [3.05, 3.63) is 52.2 Å². The summed E-state index contributed by atoms with van der Waals surface area (Å²) in [4.78, 5) is 17.2. The molecule has 0 aliphatic rings. The van der Waals surface area contributed by atoms with E-state index in [1.54, 1.807) is 30.3 Å². The lowest BCUT2D eigenvalue weighted by molar-refractivity contribution is 0.0951. The first-order valence-corrected chi connectivity index (χ1v) is 10.2. The van der Waals surface area contributed by atoms with Crippen LogP contribution in [0.4, 0.5) is 5.82 Å². The van der Waals surface area contributed by atoms with Crippen LogP contribution in [0.3, 0.4) is 0 Å². The lowest BCUT2D eigenvalue weighted by Crippen LogP contribution is -2.23. The second kappa shape index (κ2) is 8.79. The van der Waals surface area contributed by atoms with E-state index in [1.807, 2.05) is 0 Å². The van der Waals surface area contributed by atoms with Gasteiger partial charge in [-0.15, -0.1) is 5.10 Å². The van der Waals surface area contributed by atoms with Crippen molar-refractivity contribution in [1.82, 2.24) is 19.9 Å². The number of nitrogens with zero attached hydrogens (tertiary/aromatic N) is 3. The summed E-state index contributed by atoms with van der Waals surface area (Å²) in [5.74, 6) is 2.27. The molecule has 0 saturated heterocycles. The molecule has 3 heterocycles. The average molecular weight is 502 g/mol. The average Bonchev–Trinajstić information content (AvgIpc) is 3.42. The van der Waals surface area contributed by atoms with Crippen molar-refractivity contribution in [3.63, 3.8) is 0 Å². The maximum absolute atomic E-state index is 12.8. The Kier molecular flexibility index (Phi) is 5.91. The van der Waals surface area contributed by atoms with Gasteiger partial charge in [0.05, 0.1) is 21.3 Å². The van der Waals surface area contributed by atoms with Crippen LogP contribution in [0, 0.1) is 0 Å². The number of nitrogens with two attached hydrogens (primary N) is 1. The number of ether oxygens (including phenoxy) is 3.